The summed E-state index contributed by atoms with van der Waals surface area (Å²) < 4.78 is 1.20. The first-order valence-electron chi connectivity index (χ1n) is 6.81. The maximum absolute atomic E-state index is 5.94. The number of rotatable bonds is 3. The quantitative estimate of drug-likeness (QED) is 0.928. The average Bonchev–Trinajstić information content (AvgIpc) is 2.34. The van der Waals surface area contributed by atoms with Crippen molar-refractivity contribution in [2.75, 3.05) is 13.1 Å². The number of likely N-dealkylation sites (tertiary alicyclic amines) is 1. The SMILES string of the molecule is Cc1ccc(CN2CCCC(C)C2CN)cc1Br. The van der Waals surface area contributed by atoms with Gasteiger partial charge in [-0.05, 0) is 49.4 Å². The number of hydrogen-bond acceptors (Lipinski definition) is 2. The Hall–Kier alpha value is -0.380. The Morgan fingerprint density at radius 3 is 2.89 bits per heavy atom. The van der Waals surface area contributed by atoms with Crippen LogP contribution in [0.1, 0.15) is 30.9 Å². The standard InChI is InChI=1S/C15H23BrN2/c1-11-5-6-13(8-14(11)16)10-18-7-3-4-12(2)15(18)9-17/h5-6,8,12,15H,3-4,7,9-10,17H2,1-2H3. The molecule has 0 aliphatic carbocycles. The first kappa shape index (κ1) is 14.0. The highest BCUT2D eigenvalue weighted by atomic mass is 79.9. The van der Waals surface area contributed by atoms with Crippen LogP contribution in [0.5, 0.6) is 0 Å². The van der Waals surface area contributed by atoms with Crippen LogP contribution >= 0.6 is 15.9 Å². The van der Waals surface area contributed by atoms with E-state index < -0.39 is 0 Å². The number of piperidine rings is 1. The minimum absolute atomic E-state index is 0.541. The monoisotopic (exact) mass is 310 g/mol. The molecule has 2 rings (SSSR count). The molecule has 0 saturated carbocycles. The zero-order chi connectivity index (χ0) is 13.1. The molecule has 18 heavy (non-hydrogen) atoms. The molecule has 0 amide bonds. The van der Waals surface area contributed by atoms with E-state index >= 15 is 0 Å². The Kier molecular flexibility index (Phi) is 4.82. The normalized spacial score (nSPS) is 25.3. The van der Waals surface area contributed by atoms with Crippen LogP contribution in [0.3, 0.4) is 0 Å². The van der Waals surface area contributed by atoms with E-state index in [1.54, 1.807) is 0 Å². The predicted molar refractivity (Wildman–Crippen MR) is 80.5 cm³/mol. The Morgan fingerprint density at radius 1 is 1.44 bits per heavy atom. The summed E-state index contributed by atoms with van der Waals surface area (Å²) >= 11 is 3.61. The predicted octanol–water partition coefficient (Wildman–Crippen LogP) is 3.32. The summed E-state index contributed by atoms with van der Waals surface area (Å²) in [7, 11) is 0. The van der Waals surface area contributed by atoms with Crippen molar-refractivity contribution in [1.82, 2.24) is 4.90 Å². The molecule has 0 radical (unpaired) electrons. The maximum Gasteiger partial charge on any atom is 0.0247 e. The van der Waals surface area contributed by atoms with Crippen LogP contribution < -0.4 is 5.73 Å². The summed E-state index contributed by atoms with van der Waals surface area (Å²) in [5.74, 6) is 0.720. The number of aryl methyl sites for hydroxylation is 1. The third kappa shape index (κ3) is 3.14. The van der Waals surface area contributed by atoms with Gasteiger partial charge in [0.05, 0.1) is 0 Å². The zero-order valence-electron chi connectivity index (χ0n) is 11.3. The largest absolute Gasteiger partial charge is 0.329 e. The molecule has 1 aliphatic rings. The van der Waals surface area contributed by atoms with Crippen LogP contribution in [0.25, 0.3) is 0 Å². The smallest absolute Gasteiger partial charge is 0.0247 e. The summed E-state index contributed by atoms with van der Waals surface area (Å²) in [5, 5.41) is 0. The lowest BCUT2D eigenvalue weighted by Crippen LogP contribution is -2.47. The average molecular weight is 311 g/mol. The molecule has 2 atom stereocenters. The number of benzene rings is 1. The van der Waals surface area contributed by atoms with Gasteiger partial charge in [0.2, 0.25) is 0 Å². The van der Waals surface area contributed by atoms with Gasteiger partial charge < -0.3 is 5.73 Å². The number of hydrogen-bond donors (Lipinski definition) is 1. The van der Waals surface area contributed by atoms with E-state index in [4.69, 9.17) is 5.73 Å². The molecule has 1 aromatic rings. The summed E-state index contributed by atoms with van der Waals surface area (Å²) in [5.41, 5.74) is 8.61. The van der Waals surface area contributed by atoms with Gasteiger partial charge in [0.15, 0.2) is 0 Å². The fraction of sp³-hybridized carbons (Fsp3) is 0.600. The first-order chi connectivity index (χ1) is 8.61. The van der Waals surface area contributed by atoms with Crippen LogP contribution in [-0.4, -0.2) is 24.0 Å². The summed E-state index contributed by atoms with van der Waals surface area (Å²) in [6, 6.07) is 7.19. The molecule has 1 heterocycles. The van der Waals surface area contributed by atoms with Gasteiger partial charge in [-0.3, -0.25) is 4.90 Å². The van der Waals surface area contributed by atoms with Gasteiger partial charge in [-0.15, -0.1) is 0 Å². The van der Waals surface area contributed by atoms with Crippen molar-refractivity contribution in [3.05, 3.63) is 33.8 Å². The molecule has 1 aliphatic heterocycles. The van der Waals surface area contributed by atoms with E-state index in [0.717, 1.165) is 19.0 Å². The lowest BCUT2D eigenvalue weighted by atomic mass is 9.90. The molecule has 3 heteroatoms. The molecule has 0 bridgehead atoms. The van der Waals surface area contributed by atoms with Crippen molar-refractivity contribution in [2.24, 2.45) is 11.7 Å². The van der Waals surface area contributed by atoms with Gasteiger partial charge in [0.25, 0.3) is 0 Å². The minimum Gasteiger partial charge on any atom is -0.329 e. The number of nitrogens with two attached hydrogens (primary N) is 1. The van der Waals surface area contributed by atoms with Gasteiger partial charge >= 0.3 is 0 Å². The van der Waals surface area contributed by atoms with Crippen molar-refractivity contribution in [3.8, 4) is 0 Å². The van der Waals surface area contributed by atoms with Crippen molar-refractivity contribution < 1.29 is 0 Å². The van der Waals surface area contributed by atoms with E-state index in [1.165, 1.54) is 35.0 Å². The molecule has 2 unspecified atom stereocenters. The second-order valence-corrected chi connectivity index (χ2v) is 6.33. The summed E-state index contributed by atoms with van der Waals surface area (Å²) in [6.07, 6.45) is 2.61. The molecule has 1 aromatic carbocycles. The second-order valence-electron chi connectivity index (χ2n) is 5.48. The topological polar surface area (TPSA) is 29.3 Å². The molecule has 2 nitrogen and oxygen atoms in total. The van der Waals surface area contributed by atoms with Gasteiger partial charge in [-0.1, -0.05) is 35.0 Å². The fourth-order valence-corrected chi connectivity index (χ4v) is 3.31. The van der Waals surface area contributed by atoms with E-state index in [1.807, 2.05) is 0 Å². The molecule has 1 fully saturated rings. The third-order valence-electron chi connectivity index (χ3n) is 4.09. The molecular formula is C15H23BrN2. The van der Waals surface area contributed by atoms with E-state index in [9.17, 15) is 0 Å². The highest BCUT2D eigenvalue weighted by molar-refractivity contribution is 9.10. The van der Waals surface area contributed by atoms with E-state index in [-0.39, 0.29) is 0 Å². The molecular weight excluding hydrogens is 288 g/mol. The summed E-state index contributed by atoms with van der Waals surface area (Å²) in [4.78, 5) is 2.55. The van der Waals surface area contributed by atoms with Crippen LogP contribution in [0, 0.1) is 12.8 Å². The zero-order valence-corrected chi connectivity index (χ0v) is 12.9. The van der Waals surface area contributed by atoms with Crippen molar-refractivity contribution >= 4 is 15.9 Å². The minimum atomic E-state index is 0.541. The van der Waals surface area contributed by atoms with E-state index in [0.29, 0.717) is 6.04 Å². The molecule has 2 N–H and O–H groups in total. The van der Waals surface area contributed by atoms with Gasteiger partial charge in [0, 0.05) is 23.6 Å². The lowest BCUT2D eigenvalue weighted by molar-refractivity contribution is 0.0990. The molecule has 100 valence electrons. The number of nitrogens with zero attached hydrogens (tertiary/aromatic N) is 1. The van der Waals surface area contributed by atoms with Crippen molar-refractivity contribution in [3.63, 3.8) is 0 Å². The Morgan fingerprint density at radius 2 is 2.22 bits per heavy atom. The second kappa shape index (κ2) is 6.18. The van der Waals surface area contributed by atoms with Crippen LogP contribution in [0.15, 0.2) is 22.7 Å². The van der Waals surface area contributed by atoms with Gasteiger partial charge in [-0.25, -0.2) is 0 Å². The van der Waals surface area contributed by atoms with Crippen LogP contribution in [0.2, 0.25) is 0 Å². The first-order valence-corrected chi connectivity index (χ1v) is 7.60. The van der Waals surface area contributed by atoms with Gasteiger partial charge in [-0.2, -0.15) is 0 Å². The lowest BCUT2D eigenvalue weighted by Gasteiger charge is -2.39. The molecule has 0 spiro atoms. The highest BCUT2D eigenvalue weighted by Crippen LogP contribution is 2.25. The van der Waals surface area contributed by atoms with Crippen molar-refractivity contribution in [1.29, 1.82) is 0 Å². The molecule has 0 aromatic heterocycles. The van der Waals surface area contributed by atoms with Crippen LogP contribution in [-0.2, 0) is 6.54 Å². The Balaban J connectivity index is 2.09. The Bertz CT molecular complexity index is 405. The van der Waals surface area contributed by atoms with Crippen molar-refractivity contribution in [2.45, 2.75) is 39.3 Å². The third-order valence-corrected chi connectivity index (χ3v) is 4.95. The molecule has 1 saturated heterocycles. The van der Waals surface area contributed by atoms with Crippen LogP contribution in [0.4, 0.5) is 0 Å². The maximum atomic E-state index is 5.94. The summed E-state index contributed by atoms with van der Waals surface area (Å²) in [6.45, 7) is 7.42. The highest BCUT2D eigenvalue weighted by Gasteiger charge is 2.27. The van der Waals surface area contributed by atoms with E-state index in [2.05, 4.69) is 52.9 Å². The number of halogens is 1. The fourth-order valence-electron chi connectivity index (χ4n) is 2.88. The van der Waals surface area contributed by atoms with Gasteiger partial charge in [0.1, 0.15) is 0 Å². The Labute approximate surface area is 119 Å².